The van der Waals surface area contributed by atoms with E-state index in [2.05, 4.69) is 83.1 Å². The fraction of sp³-hybridized carbons (Fsp3) is 1.00. The molecule has 0 spiro atoms. The topological polar surface area (TPSA) is 0 Å². The molecule has 0 aromatic heterocycles. The molecule has 1 aliphatic rings. The zero-order chi connectivity index (χ0) is 23.4. The highest BCUT2D eigenvalue weighted by molar-refractivity contribution is 5.05. The molecule has 0 amide bonds. The van der Waals surface area contributed by atoms with Crippen LogP contribution < -0.4 is 0 Å². The Kier molecular flexibility index (Phi) is 10.0. The van der Waals surface area contributed by atoms with Crippen LogP contribution >= 0.6 is 0 Å². The molecular weight excluding hydrogens is 360 g/mol. The van der Waals surface area contributed by atoms with E-state index in [-0.39, 0.29) is 0 Å². The second-order valence-corrected chi connectivity index (χ2v) is 13.8. The van der Waals surface area contributed by atoms with E-state index < -0.39 is 0 Å². The minimum atomic E-state index is 0.418. The van der Waals surface area contributed by atoms with Crippen LogP contribution in [-0.4, -0.2) is 0 Å². The molecule has 30 heavy (non-hydrogen) atoms. The van der Waals surface area contributed by atoms with E-state index in [1.165, 1.54) is 64.2 Å². The van der Waals surface area contributed by atoms with Crippen molar-refractivity contribution in [2.24, 2.45) is 45.3 Å². The van der Waals surface area contributed by atoms with E-state index in [9.17, 15) is 0 Å². The van der Waals surface area contributed by atoms with Gasteiger partial charge in [0.25, 0.3) is 0 Å². The molecule has 180 valence electrons. The highest BCUT2D eigenvalue weighted by Gasteiger charge is 2.56. The van der Waals surface area contributed by atoms with Crippen LogP contribution in [0.1, 0.15) is 147 Å². The molecule has 0 heterocycles. The molecule has 4 atom stereocenters. The summed E-state index contributed by atoms with van der Waals surface area (Å²) in [5.41, 5.74) is 1.73. The molecule has 0 radical (unpaired) electrons. The van der Waals surface area contributed by atoms with Gasteiger partial charge in [0.05, 0.1) is 0 Å². The monoisotopic (exact) mass is 420 g/mol. The molecule has 1 saturated carbocycles. The van der Waals surface area contributed by atoms with Gasteiger partial charge in [-0.1, -0.05) is 109 Å². The Morgan fingerprint density at radius 1 is 0.433 bits per heavy atom. The fourth-order valence-electron chi connectivity index (χ4n) is 8.32. The van der Waals surface area contributed by atoms with E-state index >= 15 is 0 Å². The van der Waals surface area contributed by atoms with Gasteiger partial charge in [0, 0.05) is 0 Å². The van der Waals surface area contributed by atoms with E-state index in [1.807, 2.05) is 0 Å². The van der Waals surface area contributed by atoms with Crippen LogP contribution in [0.3, 0.4) is 0 Å². The molecule has 0 aliphatic heterocycles. The van der Waals surface area contributed by atoms with Crippen LogP contribution in [0.15, 0.2) is 0 Å². The van der Waals surface area contributed by atoms with E-state index in [0.29, 0.717) is 21.7 Å². The van der Waals surface area contributed by atoms with Crippen molar-refractivity contribution in [3.8, 4) is 0 Å². The van der Waals surface area contributed by atoms with Gasteiger partial charge in [-0.15, -0.1) is 0 Å². The summed E-state index contributed by atoms with van der Waals surface area (Å²) in [6.07, 6.45) is 13.6. The summed E-state index contributed by atoms with van der Waals surface area (Å²) >= 11 is 0. The minimum absolute atomic E-state index is 0.418. The Labute approximate surface area is 192 Å². The molecule has 1 aliphatic carbocycles. The predicted octanol–water partition coefficient (Wildman–Crippen LogP) is 10.6. The number of hydrogen-bond acceptors (Lipinski definition) is 0. The van der Waals surface area contributed by atoms with Gasteiger partial charge in [-0.3, -0.25) is 0 Å². The molecule has 4 unspecified atom stereocenters. The maximum absolute atomic E-state index is 2.64. The Morgan fingerprint density at radius 3 is 0.900 bits per heavy atom. The van der Waals surface area contributed by atoms with Crippen molar-refractivity contribution in [3.05, 3.63) is 0 Å². The van der Waals surface area contributed by atoms with Gasteiger partial charge in [0.2, 0.25) is 0 Å². The number of rotatable bonds is 12. The summed E-state index contributed by atoms with van der Waals surface area (Å²) in [4.78, 5) is 0. The molecule has 0 aromatic rings. The lowest BCUT2D eigenvalue weighted by Gasteiger charge is -2.62. The Morgan fingerprint density at radius 2 is 0.667 bits per heavy atom. The first-order valence-electron chi connectivity index (χ1n) is 13.7. The van der Waals surface area contributed by atoms with Crippen molar-refractivity contribution in [3.63, 3.8) is 0 Å². The fourth-order valence-corrected chi connectivity index (χ4v) is 8.32. The third-order valence-corrected chi connectivity index (χ3v) is 9.43. The first-order valence-corrected chi connectivity index (χ1v) is 13.7. The highest BCUT2D eigenvalue weighted by Crippen LogP contribution is 2.63. The molecule has 0 heteroatoms. The predicted molar refractivity (Wildman–Crippen MR) is 138 cm³/mol. The molecule has 0 nitrogen and oxygen atoms in total. The van der Waals surface area contributed by atoms with Gasteiger partial charge in [0.1, 0.15) is 0 Å². The Bertz CT molecular complexity index is 446. The normalized spacial score (nSPS) is 26.8. The van der Waals surface area contributed by atoms with Crippen LogP contribution in [0.5, 0.6) is 0 Å². The summed E-state index contributed by atoms with van der Waals surface area (Å²) < 4.78 is 0. The molecular formula is C30H60. The van der Waals surface area contributed by atoms with Crippen molar-refractivity contribution in [1.82, 2.24) is 0 Å². The maximum Gasteiger partial charge on any atom is -0.0293 e. The molecule has 1 rings (SSSR count). The van der Waals surface area contributed by atoms with Crippen LogP contribution in [-0.2, 0) is 0 Å². The van der Waals surface area contributed by atoms with Gasteiger partial charge < -0.3 is 0 Å². The summed E-state index contributed by atoms with van der Waals surface area (Å²) in [5.74, 6) is 3.37. The van der Waals surface area contributed by atoms with Gasteiger partial charge in [0.15, 0.2) is 0 Å². The van der Waals surface area contributed by atoms with Crippen LogP contribution in [0.2, 0.25) is 0 Å². The van der Waals surface area contributed by atoms with Gasteiger partial charge in [-0.25, -0.2) is 0 Å². The van der Waals surface area contributed by atoms with E-state index in [1.54, 1.807) is 0 Å². The minimum Gasteiger partial charge on any atom is -0.0654 e. The summed E-state index contributed by atoms with van der Waals surface area (Å²) in [6.45, 7) is 30.6. The molecule has 0 bridgehead atoms. The summed E-state index contributed by atoms with van der Waals surface area (Å²) in [7, 11) is 0. The second-order valence-electron chi connectivity index (χ2n) is 13.8. The first-order chi connectivity index (χ1) is 13.7. The SMILES string of the molecule is CCCC(C)(C)C1CCC(C(C)(C)CCC)C(C(C)(C)CCC)C1C(C)(C)CCC. The zero-order valence-electron chi connectivity index (χ0n) is 23.4. The highest BCUT2D eigenvalue weighted by atomic mass is 14.6. The zero-order valence-corrected chi connectivity index (χ0v) is 23.4. The quantitative estimate of drug-likeness (QED) is 0.294. The number of hydrogen-bond donors (Lipinski definition) is 0. The van der Waals surface area contributed by atoms with Gasteiger partial charge >= 0.3 is 0 Å². The van der Waals surface area contributed by atoms with Crippen LogP contribution in [0.4, 0.5) is 0 Å². The van der Waals surface area contributed by atoms with Crippen molar-refractivity contribution in [2.75, 3.05) is 0 Å². The molecule has 1 fully saturated rings. The van der Waals surface area contributed by atoms with Crippen molar-refractivity contribution in [1.29, 1.82) is 0 Å². The average Bonchev–Trinajstić information content (AvgIpc) is 2.60. The first kappa shape index (κ1) is 28.0. The Balaban J connectivity index is 3.66. The van der Waals surface area contributed by atoms with Crippen LogP contribution in [0, 0.1) is 45.3 Å². The summed E-state index contributed by atoms with van der Waals surface area (Å²) in [6, 6.07) is 0. The third kappa shape index (κ3) is 6.28. The molecule has 0 N–H and O–H groups in total. The van der Waals surface area contributed by atoms with Crippen molar-refractivity contribution < 1.29 is 0 Å². The van der Waals surface area contributed by atoms with E-state index in [4.69, 9.17) is 0 Å². The van der Waals surface area contributed by atoms with Gasteiger partial charge in [-0.2, -0.15) is 0 Å². The molecule has 0 saturated heterocycles. The summed E-state index contributed by atoms with van der Waals surface area (Å²) in [5, 5.41) is 0. The third-order valence-electron chi connectivity index (χ3n) is 9.43. The second kappa shape index (κ2) is 10.7. The maximum atomic E-state index is 2.64. The largest absolute Gasteiger partial charge is 0.0654 e. The standard InChI is InChI=1S/C30H60/c1-13-19-27(5,6)23-17-18-24(28(7,8)20-14-2)26(30(11,12)22-16-4)25(23)29(9,10)21-15-3/h23-26H,13-22H2,1-12H3. The van der Waals surface area contributed by atoms with Crippen molar-refractivity contribution >= 4 is 0 Å². The van der Waals surface area contributed by atoms with Crippen molar-refractivity contribution in [2.45, 2.75) is 147 Å². The smallest absolute Gasteiger partial charge is 0.0293 e. The Hall–Kier alpha value is 0. The lowest BCUT2D eigenvalue weighted by molar-refractivity contribution is -0.131. The van der Waals surface area contributed by atoms with Crippen LogP contribution in [0.25, 0.3) is 0 Å². The lowest BCUT2D eigenvalue weighted by Crippen LogP contribution is -2.55. The molecule has 0 aromatic carbocycles. The average molecular weight is 421 g/mol. The van der Waals surface area contributed by atoms with Gasteiger partial charge in [-0.05, 0) is 83.9 Å². The lowest BCUT2D eigenvalue weighted by atomic mass is 9.43. The van der Waals surface area contributed by atoms with E-state index in [0.717, 1.165) is 23.7 Å².